The van der Waals surface area contributed by atoms with Crippen LogP contribution in [0.1, 0.15) is 56.4 Å². The SMILES string of the molecule is C.CC1=c2ccccc2=C(C)C1.c1ccc2c(c1)CCC2.c1ccc2c(c1)Cc1ccccc1-2. The molecule has 0 saturated heterocycles. The highest BCUT2D eigenvalue weighted by molar-refractivity contribution is 5.76. The molecule has 0 aliphatic heterocycles. The van der Waals surface area contributed by atoms with E-state index in [1.54, 1.807) is 11.1 Å². The van der Waals surface area contributed by atoms with E-state index in [0.29, 0.717) is 0 Å². The molecule has 0 amide bonds. The quantitative estimate of drug-likeness (QED) is 0.232. The molecule has 0 aromatic heterocycles. The predicted octanol–water partition coefficient (Wildman–Crippen LogP) is 7.50. The van der Waals surface area contributed by atoms with Gasteiger partial charge in [-0.2, -0.15) is 0 Å². The Morgan fingerprint density at radius 1 is 0.441 bits per heavy atom. The van der Waals surface area contributed by atoms with E-state index in [1.165, 1.54) is 69.5 Å². The third-order valence-electron chi connectivity index (χ3n) is 7.09. The summed E-state index contributed by atoms with van der Waals surface area (Å²) >= 11 is 0. The van der Waals surface area contributed by atoms with Crippen LogP contribution in [0.2, 0.25) is 0 Å². The maximum Gasteiger partial charge on any atom is -0.00135 e. The van der Waals surface area contributed by atoms with E-state index in [-0.39, 0.29) is 7.43 Å². The van der Waals surface area contributed by atoms with Crippen LogP contribution in [0.3, 0.4) is 0 Å². The molecule has 0 spiro atoms. The van der Waals surface area contributed by atoms with Gasteiger partial charge in [-0.25, -0.2) is 0 Å². The molecule has 3 aliphatic rings. The van der Waals surface area contributed by atoms with E-state index in [4.69, 9.17) is 0 Å². The average molecular weight is 445 g/mol. The lowest BCUT2D eigenvalue weighted by Gasteiger charge is -1.98. The third-order valence-corrected chi connectivity index (χ3v) is 7.09. The van der Waals surface area contributed by atoms with Crippen LogP contribution in [0.15, 0.2) is 97.1 Å². The first-order valence-corrected chi connectivity index (χ1v) is 12.2. The Labute approximate surface area is 205 Å². The zero-order valence-corrected chi connectivity index (χ0v) is 19.8. The first-order valence-electron chi connectivity index (χ1n) is 12.2. The molecule has 0 heteroatoms. The summed E-state index contributed by atoms with van der Waals surface area (Å²) in [6, 6.07) is 34.7. The summed E-state index contributed by atoms with van der Waals surface area (Å²) in [5, 5.41) is 2.90. The van der Waals surface area contributed by atoms with Crippen LogP contribution in [0.4, 0.5) is 0 Å². The van der Waals surface area contributed by atoms with E-state index in [2.05, 4.69) is 111 Å². The molecule has 0 nitrogen and oxygen atoms in total. The van der Waals surface area contributed by atoms with Gasteiger partial charge in [0.05, 0.1) is 0 Å². The number of hydrogen-bond donors (Lipinski definition) is 0. The van der Waals surface area contributed by atoms with Crippen LogP contribution < -0.4 is 10.4 Å². The molecule has 4 aromatic carbocycles. The van der Waals surface area contributed by atoms with Crippen molar-refractivity contribution in [2.75, 3.05) is 0 Å². The van der Waals surface area contributed by atoms with Gasteiger partial charge in [0, 0.05) is 0 Å². The fourth-order valence-electron chi connectivity index (χ4n) is 5.41. The minimum Gasteiger partial charge on any atom is -0.0776 e. The van der Waals surface area contributed by atoms with Crippen LogP contribution in [0, 0.1) is 0 Å². The van der Waals surface area contributed by atoms with Crippen LogP contribution >= 0.6 is 0 Å². The predicted molar refractivity (Wildman–Crippen MR) is 148 cm³/mol. The molecule has 172 valence electrons. The normalized spacial score (nSPS) is 13.8. The van der Waals surface area contributed by atoms with Crippen LogP contribution in [-0.2, 0) is 19.3 Å². The number of aryl methyl sites for hydroxylation is 2. The summed E-state index contributed by atoms with van der Waals surface area (Å²) in [5.74, 6) is 0. The smallest absolute Gasteiger partial charge is 0.00135 e. The molecule has 34 heavy (non-hydrogen) atoms. The van der Waals surface area contributed by atoms with E-state index < -0.39 is 0 Å². The zero-order valence-electron chi connectivity index (χ0n) is 19.8. The van der Waals surface area contributed by atoms with Gasteiger partial charge in [-0.3, -0.25) is 0 Å². The van der Waals surface area contributed by atoms with Gasteiger partial charge in [0.2, 0.25) is 0 Å². The monoisotopic (exact) mass is 444 g/mol. The molecule has 0 saturated carbocycles. The molecule has 3 aliphatic carbocycles. The molecular formula is C34H36. The van der Waals surface area contributed by atoms with Gasteiger partial charge in [-0.1, -0.05) is 116 Å². The van der Waals surface area contributed by atoms with Crippen molar-refractivity contribution < 1.29 is 0 Å². The summed E-state index contributed by atoms with van der Waals surface area (Å²) in [6.07, 6.45) is 6.23. The van der Waals surface area contributed by atoms with Crippen LogP contribution in [0.25, 0.3) is 22.3 Å². The largest absolute Gasteiger partial charge is 0.0776 e. The lowest BCUT2D eigenvalue weighted by Crippen LogP contribution is -2.22. The van der Waals surface area contributed by atoms with Gasteiger partial charge < -0.3 is 0 Å². The summed E-state index contributed by atoms with van der Waals surface area (Å²) in [4.78, 5) is 0. The second-order valence-electron chi connectivity index (χ2n) is 9.40. The Kier molecular flexibility index (Phi) is 7.48. The molecule has 0 N–H and O–H groups in total. The molecule has 0 heterocycles. The third kappa shape index (κ3) is 4.92. The molecule has 4 aromatic rings. The Morgan fingerprint density at radius 3 is 1.29 bits per heavy atom. The summed E-state index contributed by atoms with van der Waals surface area (Å²) in [5.41, 5.74) is 11.9. The summed E-state index contributed by atoms with van der Waals surface area (Å²) < 4.78 is 0. The van der Waals surface area contributed by atoms with Gasteiger partial charge in [0.15, 0.2) is 0 Å². The Morgan fingerprint density at radius 2 is 0.824 bits per heavy atom. The molecule has 0 bridgehead atoms. The Bertz CT molecular complexity index is 1300. The van der Waals surface area contributed by atoms with E-state index in [1.807, 2.05) is 0 Å². The zero-order chi connectivity index (χ0) is 22.6. The first kappa shape index (κ1) is 23.8. The van der Waals surface area contributed by atoms with Gasteiger partial charge >= 0.3 is 0 Å². The standard InChI is InChI=1S/C13H10.C11H12.C9H10.CH4/c1-3-7-12-10(5-1)9-11-6-2-4-8-13(11)12;1-8-7-9(2)11-6-4-3-5-10(8)11;1-2-5-9-7-3-6-8(9)4-1;/h1-8H,9H2;3-6H,7H2,1-2H3;1-2,4-5H,3,6-7H2;1H4. The lowest BCUT2D eigenvalue weighted by molar-refractivity contribution is 0.912. The highest BCUT2D eigenvalue weighted by Crippen LogP contribution is 2.35. The fourth-order valence-corrected chi connectivity index (χ4v) is 5.41. The van der Waals surface area contributed by atoms with Crippen LogP contribution in [0.5, 0.6) is 0 Å². The van der Waals surface area contributed by atoms with E-state index in [9.17, 15) is 0 Å². The van der Waals surface area contributed by atoms with Crippen molar-refractivity contribution in [2.45, 2.75) is 53.4 Å². The van der Waals surface area contributed by atoms with Crippen molar-refractivity contribution in [3.63, 3.8) is 0 Å². The fraction of sp³-hybridized carbons (Fsp3) is 0.235. The summed E-state index contributed by atoms with van der Waals surface area (Å²) in [7, 11) is 0. The maximum absolute atomic E-state index is 2.24. The van der Waals surface area contributed by atoms with Gasteiger partial charge in [-0.15, -0.1) is 0 Å². The minimum absolute atomic E-state index is 0. The maximum atomic E-state index is 2.24. The number of benzene rings is 4. The van der Waals surface area contributed by atoms with Crippen molar-refractivity contribution >= 4 is 11.1 Å². The molecule has 7 rings (SSSR count). The molecule has 0 radical (unpaired) electrons. The molecule has 0 atom stereocenters. The van der Waals surface area contributed by atoms with Gasteiger partial charge in [0.25, 0.3) is 0 Å². The lowest BCUT2D eigenvalue weighted by atomic mass is 10.1. The van der Waals surface area contributed by atoms with Gasteiger partial charge in [0.1, 0.15) is 0 Å². The average Bonchev–Trinajstić information content (AvgIpc) is 3.56. The highest BCUT2D eigenvalue weighted by atomic mass is 14.2. The summed E-state index contributed by atoms with van der Waals surface area (Å²) in [6.45, 7) is 4.44. The van der Waals surface area contributed by atoms with Gasteiger partial charge in [-0.05, 0) is 89.8 Å². The number of fused-ring (bicyclic) bond motifs is 5. The number of rotatable bonds is 0. The Hall–Kier alpha value is -3.38. The molecule has 0 unspecified atom stereocenters. The van der Waals surface area contributed by atoms with Crippen molar-refractivity contribution in [1.29, 1.82) is 0 Å². The molecule has 0 fully saturated rings. The van der Waals surface area contributed by atoms with Crippen molar-refractivity contribution in [1.82, 2.24) is 0 Å². The first-order chi connectivity index (χ1) is 16.2. The number of hydrogen-bond acceptors (Lipinski definition) is 0. The van der Waals surface area contributed by atoms with Crippen molar-refractivity contribution in [3.8, 4) is 11.1 Å². The molecular weight excluding hydrogens is 408 g/mol. The Balaban J connectivity index is 0.000000121. The van der Waals surface area contributed by atoms with E-state index >= 15 is 0 Å². The van der Waals surface area contributed by atoms with Crippen molar-refractivity contribution in [3.05, 3.63) is 130 Å². The second-order valence-corrected chi connectivity index (χ2v) is 9.40. The topological polar surface area (TPSA) is 0 Å². The second kappa shape index (κ2) is 10.7. The highest BCUT2D eigenvalue weighted by Gasteiger charge is 2.15. The van der Waals surface area contributed by atoms with Crippen LogP contribution in [-0.4, -0.2) is 0 Å². The minimum atomic E-state index is 0. The van der Waals surface area contributed by atoms with E-state index in [0.717, 1.165) is 6.42 Å². The van der Waals surface area contributed by atoms with Crippen molar-refractivity contribution in [2.24, 2.45) is 0 Å².